The molecule has 2 heterocycles. The zero-order valence-corrected chi connectivity index (χ0v) is 13.6. The Morgan fingerprint density at radius 1 is 1.46 bits per heavy atom. The van der Waals surface area contributed by atoms with Crippen LogP contribution in [0.15, 0.2) is 30.9 Å². The third kappa shape index (κ3) is 3.90. The molecule has 0 bridgehead atoms. The average Bonchev–Trinajstić information content (AvgIpc) is 3.08. The molecule has 1 aromatic carbocycles. The van der Waals surface area contributed by atoms with E-state index in [9.17, 15) is 4.79 Å². The SMILES string of the molecule is COc1ccc(CN2CCN[C@H](C(=O)O)C2)cc1Cn1cncn1. The Kier molecular flexibility index (Phi) is 5.07. The van der Waals surface area contributed by atoms with Gasteiger partial charge in [0.2, 0.25) is 0 Å². The minimum atomic E-state index is -0.804. The Balaban J connectivity index is 1.72. The van der Waals surface area contributed by atoms with Gasteiger partial charge in [-0.2, -0.15) is 5.10 Å². The second kappa shape index (κ2) is 7.41. The molecule has 1 atom stereocenters. The summed E-state index contributed by atoms with van der Waals surface area (Å²) in [5, 5.41) is 16.3. The van der Waals surface area contributed by atoms with Crippen LogP contribution in [-0.2, 0) is 17.9 Å². The molecule has 0 spiro atoms. The standard InChI is InChI=1S/C16H21N5O3/c1-24-15-3-2-12(6-13(15)8-21-11-17-10-19-21)7-20-5-4-18-14(9-20)16(22)23/h2-3,6,10-11,14,18H,4-5,7-9H2,1H3,(H,22,23)/t14-/m0/s1. The Hall–Kier alpha value is -2.45. The van der Waals surface area contributed by atoms with E-state index in [1.165, 1.54) is 6.33 Å². The number of benzene rings is 1. The van der Waals surface area contributed by atoms with Gasteiger partial charge in [0.25, 0.3) is 0 Å². The first-order valence-electron chi connectivity index (χ1n) is 7.82. The van der Waals surface area contributed by atoms with Gasteiger partial charge in [-0.15, -0.1) is 0 Å². The molecule has 1 saturated heterocycles. The predicted molar refractivity (Wildman–Crippen MR) is 86.8 cm³/mol. The van der Waals surface area contributed by atoms with Gasteiger partial charge in [0, 0.05) is 31.7 Å². The number of ether oxygens (including phenoxy) is 1. The number of rotatable bonds is 6. The highest BCUT2D eigenvalue weighted by molar-refractivity contribution is 5.73. The van der Waals surface area contributed by atoms with E-state index in [4.69, 9.17) is 9.84 Å². The summed E-state index contributed by atoms with van der Waals surface area (Å²) in [6.07, 6.45) is 3.17. The van der Waals surface area contributed by atoms with Crippen molar-refractivity contribution in [2.45, 2.75) is 19.1 Å². The second-order valence-electron chi connectivity index (χ2n) is 5.82. The lowest BCUT2D eigenvalue weighted by Gasteiger charge is -2.31. The summed E-state index contributed by atoms with van der Waals surface area (Å²) in [7, 11) is 1.65. The number of carbonyl (C=O) groups is 1. The highest BCUT2D eigenvalue weighted by Crippen LogP contribution is 2.22. The maximum Gasteiger partial charge on any atom is 0.322 e. The van der Waals surface area contributed by atoms with Crippen molar-refractivity contribution in [3.8, 4) is 5.75 Å². The summed E-state index contributed by atoms with van der Waals surface area (Å²) in [4.78, 5) is 17.3. The number of hydrogen-bond acceptors (Lipinski definition) is 6. The van der Waals surface area contributed by atoms with Crippen molar-refractivity contribution >= 4 is 5.97 Å². The minimum absolute atomic E-state index is 0.500. The van der Waals surface area contributed by atoms with Gasteiger partial charge in [0.05, 0.1) is 13.7 Å². The molecule has 0 unspecified atom stereocenters. The molecule has 1 aliphatic heterocycles. The molecule has 1 aromatic heterocycles. The molecule has 0 aliphatic carbocycles. The van der Waals surface area contributed by atoms with Crippen LogP contribution in [0.25, 0.3) is 0 Å². The van der Waals surface area contributed by atoms with Gasteiger partial charge in [0.1, 0.15) is 24.4 Å². The fourth-order valence-electron chi connectivity index (χ4n) is 2.92. The van der Waals surface area contributed by atoms with Gasteiger partial charge in [-0.25, -0.2) is 9.67 Å². The van der Waals surface area contributed by atoms with Crippen LogP contribution in [0.3, 0.4) is 0 Å². The average molecular weight is 331 g/mol. The Morgan fingerprint density at radius 3 is 3.04 bits per heavy atom. The number of methoxy groups -OCH3 is 1. The third-order valence-corrected chi connectivity index (χ3v) is 4.11. The fraction of sp³-hybridized carbons (Fsp3) is 0.438. The molecule has 24 heavy (non-hydrogen) atoms. The van der Waals surface area contributed by atoms with Gasteiger partial charge in [-0.1, -0.05) is 6.07 Å². The van der Waals surface area contributed by atoms with Crippen LogP contribution in [0.1, 0.15) is 11.1 Å². The third-order valence-electron chi connectivity index (χ3n) is 4.11. The zero-order chi connectivity index (χ0) is 16.9. The van der Waals surface area contributed by atoms with Crippen molar-refractivity contribution in [3.05, 3.63) is 42.0 Å². The maximum atomic E-state index is 11.1. The summed E-state index contributed by atoms with van der Waals surface area (Å²) >= 11 is 0. The van der Waals surface area contributed by atoms with Crippen molar-refractivity contribution in [2.75, 3.05) is 26.7 Å². The molecule has 8 heteroatoms. The number of nitrogens with one attached hydrogen (secondary N) is 1. The first-order chi connectivity index (χ1) is 11.7. The van der Waals surface area contributed by atoms with Gasteiger partial charge >= 0.3 is 5.97 Å². The Labute approximate surface area is 140 Å². The number of aromatic nitrogens is 3. The van der Waals surface area contributed by atoms with Crippen LogP contribution in [0.2, 0.25) is 0 Å². The molecule has 128 valence electrons. The quantitative estimate of drug-likeness (QED) is 0.781. The van der Waals surface area contributed by atoms with E-state index in [2.05, 4.69) is 26.4 Å². The Bertz CT molecular complexity index is 689. The van der Waals surface area contributed by atoms with Crippen LogP contribution in [0.4, 0.5) is 0 Å². The summed E-state index contributed by atoms with van der Waals surface area (Å²) in [5.41, 5.74) is 2.14. The van der Waals surface area contributed by atoms with Crippen LogP contribution in [0, 0.1) is 0 Å². The predicted octanol–water partition coefficient (Wildman–Crippen LogP) is 0.193. The molecule has 0 saturated carbocycles. The van der Waals surface area contributed by atoms with E-state index >= 15 is 0 Å². The summed E-state index contributed by atoms with van der Waals surface area (Å²) in [6, 6.07) is 5.53. The summed E-state index contributed by atoms with van der Waals surface area (Å²) in [5.74, 6) is -0.000671. The van der Waals surface area contributed by atoms with Gasteiger partial charge in [0.15, 0.2) is 0 Å². The molecule has 2 N–H and O–H groups in total. The number of aliphatic carboxylic acids is 1. The molecular formula is C16H21N5O3. The number of carboxylic acid groups (broad SMARTS) is 1. The summed E-state index contributed by atoms with van der Waals surface area (Å²) < 4.78 is 7.17. The lowest BCUT2D eigenvalue weighted by Crippen LogP contribution is -2.53. The van der Waals surface area contributed by atoms with Crippen LogP contribution in [-0.4, -0.2) is 63.5 Å². The molecule has 1 fully saturated rings. The Morgan fingerprint density at radius 2 is 2.33 bits per heavy atom. The second-order valence-corrected chi connectivity index (χ2v) is 5.82. The molecule has 1 aliphatic rings. The number of hydrogen-bond donors (Lipinski definition) is 2. The maximum absolute atomic E-state index is 11.1. The lowest BCUT2D eigenvalue weighted by atomic mass is 10.1. The van der Waals surface area contributed by atoms with Crippen molar-refractivity contribution in [3.63, 3.8) is 0 Å². The lowest BCUT2D eigenvalue weighted by molar-refractivity contribution is -0.140. The first kappa shape index (κ1) is 16.4. The molecule has 2 aromatic rings. The van der Waals surface area contributed by atoms with Crippen molar-refractivity contribution < 1.29 is 14.6 Å². The van der Waals surface area contributed by atoms with Crippen molar-refractivity contribution in [2.24, 2.45) is 0 Å². The topological polar surface area (TPSA) is 92.5 Å². The van der Waals surface area contributed by atoms with Crippen LogP contribution < -0.4 is 10.1 Å². The monoisotopic (exact) mass is 331 g/mol. The van der Waals surface area contributed by atoms with E-state index in [-0.39, 0.29) is 0 Å². The smallest absolute Gasteiger partial charge is 0.322 e. The first-order valence-corrected chi connectivity index (χ1v) is 7.82. The molecular weight excluding hydrogens is 310 g/mol. The highest BCUT2D eigenvalue weighted by Gasteiger charge is 2.24. The number of carboxylic acids is 1. The summed E-state index contributed by atoms with van der Waals surface area (Å²) in [6.45, 7) is 3.29. The van der Waals surface area contributed by atoms with Crippen LogP contribution in [0.5, 0.6) is 5.75 Å². The number of piperazine rings is 1. The molecule has 8 nitrogen and oxygen atoms in total. The normalized spacial score (nSPS) is 18.5. The number of nitrogens with zero attached hydrogens (tertiary/aromatic N) is 4. The van der Waals surface area contributed by atoms with Crippen molar-refractivity contribution in [1.82, 2.24) is 25.0 Å². The largest absolute Gasteiger partial charge is 0.496 e. The van der Waals surface area contributed by atoms with E-state index in [0.29, 0.717) is 26.2 Å². The fourth-order valence-corrected chi connectivity index (χ4v) is 2.92. The van der Waals surface area contributed by atoms with E-state index in [0.717, 1.165) is 23.4 Å². The van der Waals surface area contributed by atoms with E-state index in [1.807, 2.05) is 12.1 Å². The van der Waals surface area contributed by atoms with Gasteiger partial charge in [-0.3, -0.25) is 9.69 Å². The van der Waals surface area contributed by atoms with E-state index < -0.39 is 12.0 Å². The molecule has 3 rings (SSSR count). The van der Waals surface area contributed by atoms with Gasteiger partial charge < -0.3 is 15.2 Å². The van der Waals surface area contributed by atoms with Crippen LogP contribution >= 0.6 is 0 Å². The van der Waals surface area contributed by atoms with Gasteiger partial charge in [-0.05, 0) is 17.7 Å². The van der Waals surface area contributed by atoms with E-state index in [1.54, 1.807) is 18.1 Å². The molecule has 0 amide bonds. The van der Waals surface area contributed by atoms with Crippen molar-refractivity contribution in [1.29, 1.82) is 0 Å². The molecule has 0 radical (unpaired) electrons. The highest BCUT2D eigenvalue weighted by atomic mass is 16.5. The minimum Gasteiger partial charge on any atom is -0.496 e. The zero-order valence-electron chi connectivity index (χ0n) is 13.6.